The number of hydrogen-bond donors (Lipinski definition) is 1. The summed E-state index contributed by atoms with van der Waals surface area (Å²) in [5.74, 6) is -4.88. The molecule has 0 saturated carbocycles. The van der Waals surface area contributed by atoms with Crippen molar-refractivity contribution in [2.24, 2.45) is 0 Å². The SMILES string of the molecule is COc1c(C)c(OC)c(F)c(C(=O)O)c1F. The molecule has 0 aliphatic rings. The smallest absolute Gasteiger partial charge is 0.342 e. The lowest BCUT2D eigenvalue weighted by Crippen LogP contribution is -2.10. The summed E-state index contributed by atoms with van der Waals surface area (Å²) < 4.78 is 36.5. The number of rotatable bonds is 3. The molecule has 0 spiro atoms. The van der Waals surface area contributed by atoms with E-state index < -0.39 is 23.2 Å². The second-order valence-electron chi connectivity index (χ2n) is 3.00. The number of hydrogen-bond acceptors (Lipinski definition) is 3. The number of ether oxygens (including phenoxy) is 2. The van der Waals surface area contributed by atoms with Gasteiger partial charge in [0.2, 0.25) is 0 Å². The molecule has 0 heterocycles. The zero-order valence-electron chi connectivity index (χ0n) is 8.93. The minimum atomic E-state index is -1.72. The topological polar surface area (TPSA) is 55.8 Å². The maximum absolute atomic E-state index is 13.6. The van der Waals surface area contributed by atoms with Crippen LogP contribution in [0.4, 0.5) is 8.78 Å². The van der Waals surface area contributed by atoms with Crippen LogP contribution in [0.1, 0.15) is 15.9 Å². The van der Waals surface area contributed by atoms with Crippen molar-refractivity contribution in [1.82, 2.24) is 0 Å². The van der Waals surface area contributed by atoms with Crippen LogP contribution < -0.4 is 9.47 Å². The van der Waals surface area contributed by atoms with E-state index in [4.69, 9.17) is 5.11 Å². The summed E-state index contributed by atoms with van der Waals surface area (Å²) >= 11 is 0. The van der Waals surface area contributed by atoms with Gasteiger partial charge >= 0.3 is 5.97 Å². The zero-order chi connectivity index (χ0) is 12.5. The second kappa shape index (κ2) is 4.34. The first-order valence-electron chi connectivity index (χ1n) is 4.28. The van der Waals surface area contributed by atoms with Gasteiger partial charge in [0.15, 0.2) is 23.1 Å². The van der Waals surface area contributed by atoms with Gasteiger partial charge in [-0.2, -0.15) is 0 Å². The van der Waals surface area contributed by atoms with E-state index in [0.717, 1.165) is 14.2 Å². The molecule has 1 aromatic rings. The molecule has 0 bridgehead atoms. The fraction of sp³-hybridized carbons (Fsp3) is 0.300. The number of carboxylic acid groups (broad SMARTS) is 1. The summed E-state index contributed by atoms with van der Waals surface area (Å²) in [5.41, 5.74) is -1.01. The third kappa shape index (κ3) is 1.66. The fourth-order valence-corrected chi connectivity index (χ4v) is 1.43. The van der Waals surface area contributed by atoms with Gasteiger partial charge in [0, 0.05) is 5.56 Å². The Labute approximate surface area is 90.4 Å². The number of methoxy groups -OCH3 is 2. The zero-order valence-corrected chi connectivity index (χ0v) is 8.93. The maximum atomic E-state index is 13.6. The summed E-state index contributed by atoms with van der Waals surface area (Å²) in [4.78, 5) is 10.7. The number of carboxylic acids is 1. The van der Waals surface area contributed by atoms with Crippen molar-refractivity contribution in [2.45, 2.75) is 6.92 Å². The minimum absolute atomic E-state index is 0.0741. The Hall–Kier alpha value is -1.85. The van der Waals surface area contributed by atoms with Crippen LogP contribution >= 0.6 is 0 Å². The highest BCUT2D eigenvalue weighted by Gasteiger charge is 2.27. The average molecular weight is 232 g/mol. The van der Waals surface area contributed by atoms with Crippen molar-refractivity contribution in [2.75, 3.05) is 14.2 Å². The molecule has 6 heteroatoms. The van der Waals surface area contributed by atoms with E-state index in [1.807, 2.05) is 0 Å². The molecular weight excluding hydrogens is 222 g/mol. The van der Waals surface area contributed by atoms with Gasteiger partial charge in [0.25, 0.3) is 0 Å². The molecule has 0 fully saturated rings. The van der Waals surface area contributed by atoms with Crippen LogP contribution in [0.15, 0.2) is 0 Å². The van der Waals surface area contributed by atoms with Crippen LogP contribution in [0, 0.1) is 18.6 Å². The summed E-state index contributed by atoms with van der Waals surface area (Å²) in [5, 5.41) is 8.69. The van der Waals surface area contributed by atoms with Crippen LogP contribution in [0.2, 0.25) is 0 Å². The van der Waals surface area contributed by atoms with Crippen LogP contribution in [0.3, 0.4) is 0 Å². The number of halogens is 2. The van der Waals surface area contributed by atoms with E-state index in [-0.39, 0.29) is 17.1 Å². The highest BCUT2D eigenvalue weighted by molar-refractivity contribution is 5.90. The van der Waals surface area contributed by atoms with Crippen LogP contribution in [-0.2, 0) is 0 Å². The summed E-state index contributed by atoms with van der Waals surface area (Å²) in [6.07, 6.45) is 0. The van der Waals surface area contributed by atoms with E-state index in [2.05, 4.69) is 9.47 Å². The van der Waals surface area contributed by atoms with Gasteiger partial charge in [0.05, 0.1) is 14.2 Å². The number of carbonyl (C=O) groups is 1. The van der Waals surface area contributed by atoms with Crippen LogP contribution in [0.25, 0.3) is 0 Å². The van der Waals surface area contributed by atoms with Gasteiger partial charge in [0.1, 0.15) is 5.56 Å². The van der Waals surface area contributed by atoms with Crippen molar-refractivity contribution < 1.29 is 28.2 Å². The second-order valence-corrected chi connectivity index (χ2v) is 3.00. The first kappa shape index (κ1) is 12.2. The highest BCUT2D eigenvalue weighted by atomic mass is 19.1. The Balaban J connectivity index is 3.70. The van der Waals surface area contributed by atoms with Crippen LogP contribution in [-0.4, -0.2) is 25.3 Å². The van der Waals surface area contributed by atoms with E-state index in [9.17, 15) is 13.6 Å². The molecule has 0 radical (unpaired) electrons. The summed E-state index contributed by atoms with van der Waals surface area (Å²) in [6, 6.07) is 0. The van der Waals surface area contributed by atoms with Gasteiger partial charge < -0.3 is 14.6 Å². The normalized spacial score (nSPS) is 10.1. The lowest BCUT2D eigenvalue weighted by atomic mass is 10.1. The lowest BCUT2D eigenvalue weighted by Gasteiger charge is -2.13. The predicted octanol–water partition coefficient (Wildman–Crippen LogP) is 1.99. The monoisotopic (exact) mass is 232 g/mol. The van der Waals surface area contributed by atoms with E-state index in [1.165, 1.54) is 6.92 Å². The molecule has 0 amide bonds. The van der Waals surface area contributed by atoms with Gasteiger partial charge in [-0.1, -0.05) is 0 Å². The fourth-order valence-electron chi connectivity index (χ4n) is 1.43. The summed E-state index contributed by atoms with van der Waals surface area (Å²) in [7, 11) is 2.32. The molecule has 0 unspecified atom stereocenters. The molecule has 0 aromatic heterocycles. The molecule has 1 aromatic carbocycles. The molecular formula is C10H10F2O4. The molecule has 0 aliphatic heterocycles. The molecule has 4 nitrogen and oxygen atoms in total. The third-order valence-corrected chi connectivity index (χ3v) is 2.14. The largest absolute Gasteiger partial charge is 0.493 e. The van der Waals surface area contributed by atoms with Gasteiger partial charge in [-0.05, 0) is 6.92 Å². The molecule has 0 atom stereocenters. The molecule has 1 rings (SSSR count). The third-order valence-electron chi connectivity index (χ3n) is 2.14. The highest BCUT2D eigenvalue weighted by Crippen LogP contribution is 2.36. The number of aromatic carboxylic acids is 1. The Bertz CT molecular complexity index is 412. The summed E-state index contributed by atoms with van der Waals surface area (Å²) in [6.45, 7) is 1.37. The first-order chi connectivity index (χ1) is 7.45. The van der Waals surface area contributed by atoms with Crippen LogP contribution in [0.5, 0.6) is 11.5 Å². The maximum Gasteiger partial charge on any atom is 0.342 e. The Morgan fingerprint density at radius 2 is 1.50 bits per heavy atom. The first-order valence-corrected chi connectivity index (χ1v) is 4.28. The standard InChI is InChI=1S/C10H10F2O4/c1-4-8(15-2)6(11)5(10(13)14)7(12)9(4)16-3/h1-3H3,(H,13,14). The van der Waals surface area contributed by atoms with Gasteiger partial charge in [-0.15, -0.1) is 0 Å². The quantitative estimate of drug-likeness (QED) is 0.865. The number of benzene rings is 1. The Kier molecular flexibility index (Phi) is 3.31. The van der Waals surface area contributed by atoms with Crippen molar-refractivity contribution in [3.05, 3.63) is 22.8 Å². The van der Waals surface area contributed by atoms with E-state index in [1.54, 1.807) is 0 Å². The van der Waals surface area contributed by atoms with E-state index in [0.29, 0.717) is 0 Å². The lowest BCUT2D eigenvalue weighted by molar-refractivity contribution is 0.0684. The minimum Gasteiger partial charge on any atom is -0.493 e. The van der Waals surface area contributed by atoms with Gasteiger partial charge in [-0.3, -0.25) is 0 Å². The Morgan fingerprint density at radius 1 is 1.12 bits per heavy atom. The van der Waals surface area contributed by atoms with Crippen molar-refractivity contribution >= 4 is 5.97 Å². The average Bonchev–Trinajstić information content (AvgIpc) is 2.18. The van der Waals surface area contributed by atoms with Crippen molar-refractivity contribution in [1.29, 1.82) is 0 Å². The van der Waals surface area contributed by atoms with Crippen molar-refractivity contribution in [3.8, 4) is 11.5 Å². The molecule has 16 heavy (non-hydrogen) atoms. The Morgan fingerprint density at radius 3 is 1.75 bits per heavy atom. The van der Waals surface area contributed by atoms with E-state index >= 15 is 0 Å². The van der Waals surface area contributed by atoms with Gasteiger partial charge in [-0.25, -0.2) is 13.6 Å². The molecule has 0 aliphatic carbocycles. The van der Waals surface area contributed by atoms with Crippen molar-refractivity contribution in [3.63, 3.8) is 0 Å². The molecule has 88 valence electrons. The molecule has 0 saturated heterocycles. The predicted molar refractivity (Wildman–Crippen MR) is 51.2 cm³/mol. The molecule has 1 N–H and O–H groups in total.